The molecule has 10 heteroatoms. The number of hydrogen-bond acceptors (Lipinski definition) is 5. The molecule has 0 aliphatic heterocycles. The largest absolute Gasteiger partial charge is 0.465 e. The fraction of sp³-hybridized carbons (Fsp3) is 0.250. The highest BCUT2D eigenvalue weighted by Crippen LogP contribution is 2.34. The molecule has 1 aromatic carbocycles. The molecule has 2 N–H and O–H groups in total. The van der Waals surface area contributed by atoms with Crippen LogP contribution < -0.4 is 5.32 Å². The first-order valence-electron chi connectivity index (χ1n) is 5.98. The van der Waals surface area contributed by atoms with E-state index in [4.69, 9.17) is 5.11 Å². The van der Waals surface area contributed by atoms with Gasteiger partial charge in [0.2, 0.25) is 5.82 Å². The Morgan fingerprint density at radius 2 is 1.86 bits per heavy atom. The van der Waals surface area contributed by atoms with Crippen LogP contribution in [0.25, 0.3) is 11.4 Å². The summed E-state index contributed by atoms with van der Waals surface area (Å²) in [6.07, 6.45) is -6.05. The van der Waals surface area contributed by atoms with E-state index in [1.807, 2.05) is 5.32 Å². The van der Waals surface area contributed by atoms with Crippen LogP contribution in [-0.2, 0) is 12.7 Å². The molecule has 0 unspecified atom stereocenters. The Hall–Kier alpha value is -2.78. The first-order chi connectivity index (χ1) is 10.3. The van der Waals surface area contributed by atoms with Crippen LogP contribution in [0.4, 0.5) is 18.0 Å². The third-order valence-electron chi connectivity index (χ3n) is 2.68. The van der Waals surface area contributed by atoms with Gasteiger partial charge in [-0.3, -0.25) is 0 Å². The summed E-state index contributed by atoms with van der Waals surface area (Å²) in [5.74, 6) is 0.246. The molecule has 0 spiro atoms. The van der Waals surface area contributed by atoms with Gasteiger partial charge in [0, 0.05) is 12.1 Å². The molecule has 7 nitrogen and oxygen atoms in total. The molecule has 0 fully saturated rings. The Morgan fingerprint density at radius 1 is 1.23 bits per heavy atom. The van der Waals surface area contributed by atoms with Crippen LogP contribution in [0.1, 0.15) is 17.0 Å². The van der Waals surface area contributed by atoms with Gasteiger partial charge in [-0.05, 0) is 18.6 Å². The highest BCUT2D eigenvalue weighted by Gasteiger charge is 2.33. The van der Waals surface area contributed by atoms with Crippen LogP contribution in [-0.4, -0.2) is 31.6 Å². The molecule has 0 saturated carbocycles. The molecule has 116 valence electrons. The number of halogens is 3. The fourth-order valence-electron chi connectivity index (χ4n) is 1.70. The molecule has 0 saturated heterocycles. The average Bonchev–Trinajstić information content (AvgIpc) is 2.45. The van der Waals surface area contributed by atoms with Crippen LogP contribution in [0.2, 0.25) is 0 Å². The zero-order chi connectivity index (χ0) is 16.3. The molecule has 0 aliphatic rings. The van der Waals surface area contributed by atoms with E-state index in [9.17, 15) is 18.0 Å². The number of rotatable bonds is 3. The predicted octanol–water partition coefficient (Wildman–Crippen LogP) is 2.03. The van der Waals surface area contributed by atoms with E-state index in [1.54, 1.807) is 6.92 Å². The van der Waals surface area contributed by atoms with Gasteiger partial charge in [-0.1, -0.05) is 12.1 Å². The van der Waals surface area contributed by atoms with Crippen LogP contribution in [0.15, 0.2) is 18.2 Å². The summed E-state index contributed by atoms with van der Waals surface area (Å²) in [5, 5.41) is 25.0. The Bertz CT molecular complexity index is 688. The first kappa shape index (κ1) is 15.6. The summed E-state index contributed by atoms with van der Waals surface area (Å²) >= 11 is 0. The summed E-state index contributed by atoms with van der Waals surface area (Å²) in [6.45, 7) is 1.08. The normalized spacial score (nSPS) is 11.3. The number of carboxylic acid groups (broad SMARTS) is 1. The van der Waals surface area contributed by atoms with Crippen molar-refractivity contribution in [3.63, 3.8) is 0 Å². The second-order valence-electron chi connectivity index (χ2n) is 4.30. The van der Waals surface area contributed by atoms with E-state index in [-0.39, 0.29) is 17.0 Å². The molecule has 1 aromatic heterocycles. The zero-order valence-electron chi connectivity index (χ0n) is 11.2. The van der Waals surface area contributed by atoms with Gasteiger partial charge in [0.25, 0.3) is 0 Å². The minimum absolute atomic E-state index is 0.0474. The van der Waals surface area contributed by atoms with Crippen molar-refractivity contribution in [2.24, 2.45) is 0 Å². The van der Waals surface area contributed by atoms with E-state index in [0.717, 1.165) is 12.1 Å². The molecular formula is C12H10F3N5O2. The summed E-state index contributed by atoms with van der Waals surface area (Å²) in [4.78, 5) is 10.4. The topological polar surface area (TPSA) is 101 Å². The lowest BCUT2D eigenvalue weighted by atomic mass is 10.0. The van der Waals surface area contributed by atoms with Crippen LogP contribution in [0, 0.1) is 6.92 Å². The fourth-order valence-corrected chi connectivity index (χ4v) is 1.70. The molecule has 0 bridgehead atoms. The minimum atomic E-state index is -4.64. The van der Waals surface area contributed by atoms with Gasteiger partial charge in [0.05, 0.1) is 5.56 Å². The van der Waals surface area contributed by atoms with Crippen molar-refractivity contribution in [1.82, 2.24) is 25.7 Å². The van der Waals surface area contributed by atoms with Gasteiger partial charge in [0.15, 0.2) is 5.82 Å². The molecule has 2 rings (SSSR count). The maximum absolute atomic E-state index is 13.1. The maximum atomic E-state index is 13.1. The van der Waals surface area contributed by atoms with Crippen molar-refractivity contribution in [1.29, 1.82) is 0 Å². The van der Waals surface area contributed by atoms with Crippen molar-refractivity contribution in [3.05, 3.63) is 35.2 Å². The van der Waals surface area contributed by atoms with Gasteiger partial charge in [-0.25, -0.2) is 4.79 Å². The predicted molar refractivity (Wildman–Crippen MR) is 67.7 cm³/mol. The summed E-state index contributed by atoms with van der Waals surface area (Å²) in [6, 6.07) is 3.35. The van der Waals surface area contributed by atoms with Crippen molar-refractivity contribution in [2.75, 3.05) is 0 Å². The van der Waals surface area contributed by atoms with Gasteiger partial charge < -0.3 is 10.4 Å². The van der Waals surface area contributed by atoms with Crippen molar-refractivity contribution >= 4 is 6.09 Å². The third kappa shape index (κ3) is 3.65. The lowest BCUT2D eigenvalue weighted by Gasteiger charge is -2.14. The monoisotopic (exact) mass is 313 g/mol. The highest BCUT2D eigenvalue weighted by atomic mass is 19.4. The number of nitrogens with zero attached hydrogens (tertiary/aromatic N) is 4. The lowest BCUT2D eigenvalue weighted by Crippen LogP contribution is -2.22. The van der Waals surface area contributed by atoms with Gasteiger partial charge in [0.1, 0.15) is 0 Å². The Morgan fingerprint density at radius 3 is 2.41 bits per heavy atom. The van der Waals surface area contributed by atoms with Crippen molar-refractivity contribution in [3.8, 4) is 11.4 Å². The lowest BCUT2D eigenvalue weighted by molar-refractivity contribution is -0.138. The number of aromatic nitrogens is 4. The van der Waals surface area contributed by atoms with E-state index >= 15 is 0 Å². The first-order valence-corrected chi connectivity index (χ1v) is 5.98. The van der Waals surface area contributed by atoms with E-state index in [1.165, 1.54) is 6.07 Å². The SMILES string of the molecule is Cc1nnc(-c2ccc(CNC(=O)O)c(C(F)(F)F)c2)nn1. The minimum Gasteiger partial charge on any atom is -0.465 e. The summed E-state index contributed by atoms with van der Waals surface area (Å²) in [7, 11) is 0. The second kappa shape index (κ2) is 5.92. The van der Waals surface area contributed by atoms with Crippen LogP contribution in [0.3, 0.4) is 0 Å². The second-order valence-corrected chi connectivity index (χ2v) is 4.30. The quantitative estimate of drug-likeness (QED) is 0.899. The smallest absolute Gasteiger partial charge is 0.416 e. The Labute approximate surface area is 122 Å². The van der Waals surface area contributed by atoms with E-state index < -0.39 is 24.4 Å². The molecule has 1 heterocycles. The maximum Gasteiger partial charge on any atom is 0.416 e. The Kier molecular flexibility index (Phi) is 4.20. The Balaban J connectivity index is 2.43. The number of nitrogens with one attached hydrogen (secondary N) is 1. The third-order valence-corrected chi connectivity index (χ3v) is 2.68. The van der Waals surface area contributed by atoms with E-state index in [2.05, 4.69) is 20.4 Å². The number of hydrogen-bond donors (Lipinski definition) is 2. The zero-order valence-corrected chi connectivity index (χ0v) is 11.2. The molecule has 2 aromatic rings. The van der Waals surface area contributed by atoms with Gasteiger partial charge in [-0.15, -0.1) is 20.4 Å². The summed E-state index contributed by atoms with van der Waals surface area (Å²) < 4.78 is 39.3. The molecule has 0 radical (unpaired) electrons. The average molecular weight is 313 g/mol. The molecule has 0 aliphatic carbocycles. The standard InChI is InChI=1S/C12H10F3N5O2/c1-6-17-19-10(20-18-6)7-2-3-8(5-16-11(21)22)9(4-7)12(13,14)15/h2-4,16H,5H2,1H3,(H,21,22). The van der Waals surface area contributed by atoms with Crippen molar-refractivity contribution in [2.45, 2.75) is 19.6 Å². The number of amides is 1. The molecule has 1 amide bonds. The number of aryl methyl sites for hydroxylation is 1. The van der Waals surface area contributed by atoms with Crippen molar-refractivity contribution < 1.29 is 23.1 Å². The van der Waals surface area contributed by atoms with Gasteiger partial charge in [-0.2, -0.15) is 13.2 Å². The van der Waals surface area contributed by atoms with Crippen LogP contribution >= 0.6 is 0 Å². The van der Waals surface area contributed by atoms with E-state index in [0.29, 0.717) is 5.82 Å². The molecule has 22 heavy (non-hydrogen) atoms. The molecule has 0 atom stereocenters. The summed E-state index contributed by atoms with van der Waals surface area (Å²) in [5.41, 5.74) is -1.08. The van der Waals surface area contributed by atoms with Crippen LogP contribution in [0.5, 0.6) is 0 Å². The number of carbonyl (C=O) groups is 1. The molecular weight excluding hydrogens is 303 g/mol. The number of alkyl halides is 3. The number of benzene rings is 1. The van der Waals surface area contributed by atoms with Gasteiger partial charge >= 0.3 is 12.3 Å². The highest BCUT2D eigenvalue weighted by molar-refractivity contribution is 5.65.